The van der Waals surface area contributed by atoms with Crippen molar-refractivity contribution in [1.29, 1.82) is 5.26 Å². The number of hydrogen-bond donors (Lipinski definition) is 2. The molecule has 1 aromatic rings. The third-order valence-electron chi connectivity index (χ3n) is 1.89. The molecule has 1 amide bonds. The Morgan fingerprint density at radius 1 is 1.59 bits per heavy atom. The van der Waals surface area contributed by atoms with Gasteiger partial charge in [0.05, 0.1) is 18.2 Å². The summed E-state index contributed by atoms with van der Waals surface area (Å²) in [6.45, 7) is -0.00356. The van der Waals surface area contributed by atoms with Crippen molar-refractivity contribution in [2.75, 3.05) is 18.9 Å². The summed E-state index contributed by atoms with van der Waals surface area (Å²) in [7, 11) is 0. The zero-order valence-corrected chi connectivity index (χ0v) is 9.07. The van der Waals surface area contributed by atoms with Crippen molar-refractivity contribution in [3.05, 3.63) is 24.0 Å². The number of amides is 1. The van der Waals surface area contributed by atoms with Crippen molar-refractivity contribution in [1.82, 2.24) is 5.32 Å². The van der Waals surface area contributed by atoms with Gasteiger partial charge in [-0.25, -0.2) is 4.39 Å². The van der Waals surface area contributed by atoms with Crippen LogP contribution in [-0.4, -0.2) is 19.1 Å². The smallest absolute Gasteiger partial charge is 0.257 e. The lowest BCUT2D eigenvalue weighted by Crippen LogP contribution is -2.29. The van der Waals surface area contributed by atoms with Crippen LogP contribution in [0, 0.1) is 17.1 Å². The molecule has 0 aromatic heterocycles. The minimum absolute atomic E-state index is 0.125. The molecule has 0 spiro atoms. The fraction of sp³-hybridized carbons (Fsp3) is 0.273. The van der Waals surface area contributed by atoms with Gasteiger partial charge in [-0.3, -0.25) is 4.79 Å². The minimum atomic E-state index is -0.487. The molecule has 0 saturated heterocycles. The summed E-state index contributed by atoms with van der Waals surface area (Å²) >= 11 is 0. The first kappa shape index (κ1) is 12.8. The van der Waals surface area contributed by atoms with Gasteiger partial charge in [0.2, 0.25) is 0 Å². The van der Waals surface area contributed by atoms with E-state index in [1.165, 1.54) is 12.1 Å². The molecule has 1 aromatic carbocycles. The molecule has 6 heteroatoms. The van der Waals surface area contributed by atoms with Crippen LogP contribution in [0.25, 0.3) is 0 Å². The topological polar surface area (TPSA) is 88.1 Å². The first-order chi connectivity index (χ1) is 8.13. The lowest BCUT2D eigenvalue weighted by atomic mass is 10.3. The van der Waals surface area contributed by atoms with E-state index in [-0.39, 0.29) is 36.9 Å². The highest BCUT2D eigenvalue weighted by Crippen LogP contribution is 2.21. The Kier molecular flexibility index (Phi) is 4.76. The maximum absolute atomic E-state index is 12.8. The lowest BCUT2D eigenvalue weighted by Gasteiger charge is -2.08. The van der Waals surface area contributed by atoms with E-state index in [1.807, 2.05) is 6.07 Å². The van der Waals surface area contributed by atoms with Gasteiger partial charge in [-0.15, -0.1) is 0 Å². The molecule has 5 nitrogen and oxygen atoms in total. The van der Waals surface area contributed by atoms with Gasteiger partial charge in [0.15, 0.2) is 6.61 Å². The summed E-state index contributed by atoms with van der Waals surface area (Å²) in [5.41, 5.74) is 5.79. The zero-order valence-electron chi connectivity index (χ0n) is 9.07. The molecule has 17 heavy (non-hydrogen) atoms. The van der Waals surface area contributed by atoms with E-state index < -0.39 is 5.82 Å². The van der Waals surface area contributed by atoms with Crippen molar-refractivity contribution >= 4 is 11.6 Å². The van der Waals surface area contributed by atoms with Crippen LogP contribution >= 0.6 is 0 Å². The molecule has 0 bridgehead atoms. The van der Waals surface area contributed by atoms with Crippen LogP contribution in [0.1, 0.15) is 6.42 Å². The number of rotatable bonds is 5. The molecule has 0 unspecified atom stereocenters. The van der Waals surface area contributed by atoms with Gasteiger partial charge >= 0.3 is 0 Å². The van der Waals surface area contributed by atoms with E-state index in [4.69, 9.17) is 15.7 Å². The normalized spacial score (nSPS) is 9.41. The quantitative estimate of drug-likeness (QED) is 0.586. The summed E-state index contributed by atoms with van der Waals surface area (Å²) in [5, 5.41) is 10.7. The predicted octanol–water partition coefficient (Wildman–Crippen LogP) is 0.817. The Bertz CT molecular complexity index is 443. The van der Waals surface area contributed by atoms with E-state index in [2.05, 4.69) is 5.32 Å². The molecule has 0 aliphatic carbocycles. The number of benzene rings is 1. The van der Waals surface area contributed by atoms with Gasteiger partial charge in [-0.2, -0.15) is 5.26 Å². The van der Waals surface area contributed by atoms with Gasteiger partial charge in [0.25, 0.3) is 5.91 Å². The van der Waals surface area contributed by atoms with Crippen LogP contribution < -0.4 is 15.8 Å². The molecular formula is C11H12FN3O2. The highest BCUT2D eigenvalue weighted by Gasteiger charge is 2.05. The van der Waals surface area contributed by atoms with Gasteiger partial charge < -0.3 is 15.8 Å². The monoisotopic (exact) mass is 237 g/mol. The summed E-state index contributed by atoms with van der Waals surface area (Å²) < 4.78 is 17.9. The van der Waals surface area contributed by atoms with Crippen molar-refractivity contribution in [3.63, 3.8) is 0 Å². The molecule has 3 N–H and O–H groups in total. The van der Waals surface area contributed by atoms with Crippen LogP contribution in [0.15, 0.2) is 18.2 Å². The highest BCUT2D eigenvalue weighted by molar-refractivity contribution is 5.77. The van der Waals surface area contributed by atoms with Crippen molar-refractivity contribution in [3.8, 4) is 11.8 Å². The van der Waals surface area contributed by atoms with E-state index in [0.717, 1.165) is 6.07 Å². The second-order valence-corrected chi connectivity index (χ2v) is 3.23. The number of nitrogen functional groups attached to an aromatic ring is 1. The summed E-state index contributed by atoms with van der Waals surface area (Å²) in [6.07, 6.45) is 0.230. The van der Waals surface area contributed by atoms with E-state index in [0.29, 0.717) is 0 Å². The van der Waals surface area contributed by atoms with Crippen molar-refractivity contribution in [2.24, 2.45) is 0 Å². The minimum Gasteiger partial charge on any atom is -0.482 e. The number of nitrogens with one attached hydrogen (secondary N) is 1. The SMILES string of the molecule is N#CCCNC(=O)COc1cc(F)ccc1N. The molecule has 0 aliphatic heterocycles. The first-order valence-corrected chi connectivity index (χ1v) is 4.95. The second-order valence-electron chi connectivity index (χ2n) is 3.23. The Morgan fingerprint density at radius 2 is 2.35 bits per heavy atom. The molecular weight excluding hydrogens is 225 g/mol. The highest BCUT2D eigenvalue weighted by atomic mass is 19.1. The fourth-order valence-corrected chi connectivity index (χ4v) is 1.09. The lowest BCUT2D eigenvalue weighted by molar-refractivity contribution is -0.123. The average molecular weight is 237 g/mol. The Morgan fingerprint density at radius 3 is 3.06 bits per heavy atom. The van der Waals surface area contributed by atoms with Gasteiger partial charge in [0.1, 0.15) is 11.6 Å². The molecule has 0 aliphatic rings. The van der Waals surface area contributed by atoms with Gasteiger partial charge in [0, 0.05) is 12.6 Å². The van der Waals surface area contributed by atoms with E-state index in [1.54, 1.807) is 0 Å². The third kappa shape index (κ3) is 4.38. The molecule has 90 valence electrons. The van der Waals surface area contributed by atoms with Crippen molar-refractivity contribution in [2.45, 2.75) is 6.42 Å². The number of carbonyl (C=O) groups excluding carboxylic acids is 1. The fourth-order valence-electron chi connectivity index (χ4n) is 1.09. The number of halogens is 1. The first-order valence-electron chi connectivity index (χ1n) is 4.95. The number of ether oxygens (including phenoxy) is 1. The van der Waals surface area contributed by atoms with Crippen LogP contribution in [0.3, 0.4) is 0 Å². The molecule has 0 radical (unpaired) electrons. The van der Waals surface area contributed by atoms with E-state index >= 15 is 0 Å². The molecule has 0 saturated carbocycles. The largest absolute Gasteiger partial charge is 0.482 e. The summed E-state index contributed by atoms with van der Waals surface area (Å²) in [6, 6.07) is 5.56. The number of carbonyl (C=O) groups is 1. The molecule has 1 rings (SSSR count). The van der Waals surface area contributed by atoms with Gasteiger partial charge in [-0.05, 0) is 12.1 Å². The maximum Gasteiger partial charge on any atom is 0.257 e. The second kappa shape index (κ2) is 6.33. The Labute approximate surface area is 98.0 Å². The van der Waals surface area contributed by atoms with Crippen LogP contribution in [-0.2, 0) is 4.79 Å². The average Bonchev–Trinajstić information content (AvgIpc) is 2.31. The summed E-state index contributed by atoms with van der Waals surface area (Å²) in [4.78, 5) is 11.2. The van der Waals surface area contributed by atoms with Crippen LogP contribution in [0.5, 0.6) is 5.75 Å². The van der Waals surface area contributed by atoms with E-state index in [9.17, 15) is 9.18 Å². The van der Waals surface area contributed by atoms with Crippen LogP contribution in [0.2, 0.25) is 0 Å². The summed E-state index contributed by atoms with van der Waals surface area (Å²) in [5.74, 6) is -0.747. The van der Waals surface area contributed by atoms with Gasteiger partial charge in [-0.1, -0.05) is 0 Å². The maximum atomic E-state index is 12.8. The Balaban J connectivity index is 2.42. The van der Waals surface area contributed by atoms with Crippen LogP contribution in [0.4, 0.5) is 10.1 Å². The zero-order chi connectivity index (χ0) is 12.7. The number of hydrogen-bond acceptors (Lipinski definition) is 4. The number of nitrogens with zero attached hydrogens (tertiary/aromatic N) is 1. The predicted molar refractivity (Wildman–Crippen MR) is 59.5 cm³/mol. The standard InChI is InChI=1S/C11H12FN3O2/c12-8-2-3-9(14)10(6-8)17-7-11(16)15-5-1-4-13/h2-3,6H,1,5,7,14H2,(H,15,16). The molecule has 0 atom stereocenters. The number of anilines is 1. The molecule has 0 heterocycles. The molecule has 0 fully saturated rings. The Hall–Kier alpha value is -2.29. The number of nitriles is 1. The van der Waals surface area contributed by atoms with Crippen molar-refractivity contribution < 1.29 is 13.9 Å². The number of nitrogens with two attached hydrogens (primary N) is 1. The third-order valence-corrected chi connectivity index (χ3v) is 1.89.